The van der Waals surface area contributed by atoms with Gasteiger partial charge in [0.2, 0.25) is 5.91 Å². The third kappa shape index (κ3) is 6.62. The molecule has 0 unspecified atom stereocenters. The Balaban J connectivity index is 2.32. The van der Waals surface area contributed by atoms with E-state index in [1.54, 1.807) is 13.2 Å². The van der Waals surface area contributed by atoms with Gasteiger partial charge in [0.05, 0.1) is 7.11 Å². The summed E-state index contributed by atoms with van der Waals surface area (Å²) in [4.78, 5) is 11.5. The molecular weight excluding hydrogens is 242 g/mol. The van der Waals surface area contributed by atoms with Crippen LogP contribution in [-0.4, -0.2) is 32.8 Å². The molecule has 0 radical (unpaired) electrons. The molecule has 0 saturated carbocycles. The van der Waals surface area contributed by atoms with Gasteiger partial charge in [0.25, 0.3) is 0 Å². The molecule has 0 aliphatic heterocycles. The van der Waals surface area contributed by atoms with Gasteiger partial charge in [0.1, 0.15) is 5.75 Å². The quantitative estimate of drug-likeness (QED) is 0.578. The summed E-state index contributed by atoms with van der Waals surface area (Å²) in [6.45, 7) is 3.97. The zero-order chi connectivity index (χ0) is 13.9. The maximum absolute atomic E-state index is 11.5. The number of benzene rings is 1. The fraction of sp³-hybridized carbons (Fsp3) is 0.400. The van der Waals surface area contributed by atoms with Crippen molar-refractivity contribution in [2.75, 3.05) is 26.9 Å². The first-order valence-electron chi connectivity index (χ1n) is 6.44. The largest absolute Gasteiger partial charge is 0.497 e. The third-order valence-electron chi connectivity index (χ3n) is 2.49. The summed E-state index contributed by atoms with van der Waals surface area (Å²) in [5.41, 5.74) is 0.934. The highest BCUT2D eigenvalue weighted by molar-refractivity contribution is 5.91. The van der Waals surface area contributed by atoms with Gasteiger partial charge in [-0.1, -0.05) is 12.1 Å². The van der Waals surface area contributed by atoms with Crippen LogP contribution in [0.3, 0.4) is 0 Å². The first-order valence-corrected chi connectivity index (χ1v) is 6.44. The highest BCUT2D eigenvalue weighted by Crippen LogP contribution is 2.13. The molecule has 0 aliphatic carbocycles. The van der Waals surface area contributed by atoms with Gasteiger partial charge in [0.15, 0.2) is 0 Å². The second-order valence-corrected chi connectivity index (χ2v) is 3.95. The lowest BCUT2D eigenvalue weighted by molar-refractivity contribution is -0.116. The molecule has 4 heteroatoms. The monoisotopic (exact) mass is 263 g/mol. The van der Waals surface area contributed by atoms with E-state index in [0.717, 1.165) is 17.7 Å². The summed E-state index contributed by atoms with van der Waals surface area (Å²) in [7, 11) is 1.62. The number of carbonyl (C=O) groups is 1. The Bertz CT molecular complexity index is 416. The van der Waals surface area contributed by atoms with Crippen molar-refractivity contribution in [1.29, 1.82) is 0 Å². The van der Waals surface area contributed by atoms with Crippen LogP contribution < -0.4 is 10.1 Å². The molecule has 0 saturated heterocycles. The summed E-state index contributed by atoms with van der Waals surface area (Å²) in [6, 6.07) is 7.55. The minimum atomic E-state index is -0.0979. The first kappa shape index (κ1) is 15.2. The number of methoxy groups -OCH3 is 1. The highest BCUT2D eigenvalue weighted by atomic mass is 16.5. The molecule has 1 N–H and O–H groups in total. The number of hydrogen-bond donors (Lipinski definition) is 1. The Morgan fingerprint density at radius 1 is 1.42 bits per heavy atom. The van der Waals surface area contributed by atoms with Crippen LogP contribution in [0.4, 0.5) is 0 Å². The summed E-state index contributed by atoms with van der Waals surface area (Å²) in [5.74, 6) is 0.679. The molecule has 0 spiro atoms. The van der Waals surface area contributed by atoms with Crippen LogP contribution in [-0.2, 0) is 9.53 Å². The van der Waals surface area contributed by atoms with Crippen molar-refractivity contribution in [3.8, 4) is 5.75 Å². The second-order valence-electron chi connectivity index (χ2n) is 3.95. The number of hydrogen-bond acceptors (Lipinski definition) is 3. The predicted octanol–water partition coefficient (Wildman–Crippen LogP) is 2.25. The van der Waals surface area contributed by atoms with Gasteiger partial charge < -0.3 is 14.8 Å². The van der Waals surface area contributed by atoms with E-state index in [0.29, 0.717) is 19.8 Å². The van der Waals surface area contributed by atoms with Crippen LogP contribution in [0.15, 0.2) is 30.3 Å². The molecule has 0 bridgehead atoms. The average molecular weight is 263 g/mol. The molecule has 1 aromatic carbocycles. The number of rotatable bonds is 8. The normalized spacial score (nSPS) is 10.6. The van der Waals surface area contributed by atoms with Gasteiger partial charge >= 0.3 is 0 Å². The Morgan fingerprint density at radius 2 is 2.26 bits per heavy atom. The van der Waals surface area contributed by atoms with Crippen molar-refractivity contribution in [3.05, 3.63) is 35.9 Å². The van der Waals surface area contributed by atoms with Crippen LogP contribution in [0.2, 0.25) is 0 Å². The molecule has 0 aromatic heterocycles. The van der Waals surface area contributed by atoms with E-state index < -0.39 is 0 Å². The van der Waals surface area contributed by atoms with Gasteiger partial charge in [-0.15, -0.1) is 0 Å². The summed E-state index contributed by atoms with van der Waals surface area (Å²) in [5, 5.41) is 2.80. The topological polar surface area (TPSA) is 47.6 Å². The molecule has 19 heavy (non-hydrogen) atoms. The summed E-state index contributed by atoms with van der Waals surface area (Å²) < 4.78 is 10.3. The zero-order valence-corrected chi connectivity index (χ0v) is 11.5. The molecule has 1 aromatic rings. The van der Waals surface area contributed by atoms with Gasteiger partial charge in [-0.3, -0.25) is 4.79 Å². The van der Waals surface area contributed by atoms with Gasteiger partial charge in [-0.05, 0) is 37.1 Å². The van der Waals surface area contributed by atoms with E-state index in [1.165, 1.54) is 6.08 Å². The van der Waals surface area contributed by atoms with E-state index in [-0.39, 0.29) is 5.91 Å². The van der Waals surface area contributed by atoms with E-state index in [1.807, 2.05) is 31.2 Å². The highest BCUT2D eigenvalue weighted by Gasteiger charge is 1.96. The average Bonchev–Trinajstić information content (AvgIpc) is 2.45. The lowest BCUT2D eigenvalue weighted by atomic mass is 10.2. The molecule has 0 heterocycles. The lowest BCUT2D eigenvalue weighted by Crippen LogP contribution is -2.23. The smallest absolute Gasteiger partial charge is 0.244 e. The Labute approximate surface area is 114 Å². The van der Waals surface area contributed by atoms with Crippen LogP contribution in [0.5, 0.6) is 5.75 Å². The van der Waals surface area contributed by atoms with Crippen LogP contribution in [0, 0.1) is 0 Å². The maximum Gasteiger partial charge on any atom is 0.244 e. The molecule has 4 nitrogen and oxygen atoms in total. The molecule has 0 atom stereocenters. The maximum atomic E-state index is 11.5. The van der Waals surface area contributed by atoms with Gasteiger partial charge in [0, 0.05) is 25.8 Å². The van der Waals surface area contributed by atoms with Crippen LogP contribution in [0.1, 0.15) is 18.9 Å². The van der Waals surface area contributed by atoms with E-state index >= 15 is 0 Å². The number of amides is 1. The summed E-state index contributed by atoms with van der Waals surface area (Å²) in [6.07, 6.45) is 4.11. The fourth-order valence-corrected chi connectivity index (χ4v) is 1.51. The minimum Gasteiger partial charge on any atom is -0.497 e. The fourth-order valence-electron chi connectivity index (χ4n) is 1.51. The van der Waals surface area contributed by atoms with Gasteiger partial charge in [-0.2, -0.15) is 0 Å². The van der Waals surface area contributed by atoms with Crippen LogP contribution >= 0.6 is 0 Å². The van der Waals surface area contributed by atoms with Crippen molar-refractivity contribution < 1.29 is 14.3 Å². The van der Waals surface area contributed by atoms with Crippen molar-refractivity contribution >= 4 is 12.0 Å². The van der Waals surface area contributed by atoms with Gasteiger partial charge in [-0.25, -0.2) is 0 Å². The van der Waals surface area contributed by atoms with E-state index in [4.69, 9.17) is 9.47 Å². The second kappa shape index (κ2) is 9.16. The van der Waals surface area contributed by atoms with Crippen molar-refractivity contribution in [3.63, 3.8) is 0 Å². The number of carbonyl (C=O) groups excluding carboxylic acids is 1. The predicted molar refractivity (Wildman–Crippen MR) is 76.1 cm³/mol. The molecule has 1 rings (SSSR count). The van der Waals surface area contributed by atoms with Crippen molar-refractivity contribution in [2.45, 2.75) is 13.3 Å². The first-order chi connectivity index (χ1) is 9.26. The minimum absolute atomic E-state index is 0.0979. The molecule has 1 amide bonds. The SMILES string of the molecule is CCOCCCNC(=O)/C=C/c1cccc(OC)c1. The number of nitrogens with one attached hydrogen (secondary N) is 1. The lowest BCUT2D eigenvalue weighted by Gasteiger charge is -2.02. The van der Waals surface area contributed by atoms with E-state index in [2.05, 4.69) is 5.32 Å². The summed E-state index contributed by atoms with van der Waals surface area (Å²) >= 11 is 0. The Hall–Kier alpha value is -1.81. The van der Waals surface area contributed by atoms with Crippen LogP contribution in [0.25, 0.3) is 6.08 Å². The molecule has 104 valence electrons. The Morgan fingerprint density at radius 3 is 3.00 bits per heavy atom. The van der Waals surface area contributed by atoms with Crippen molar-refractivity contribution in [1.82, 2.24) is 5.32 Å². The third-order valence-corrected chi connectivity index (χ3v) is 2.49. The van der Waals surface area contributed by atoms with E-state index in [9.17, 15) is 4.79 Å². The molecule has 0 aliphatic rings. The Kier molecular flexibility index (Phi) is 7.35. The van der Waals surface area contributed by atoms with Crippen molar-refractivity contribution in [2.24, 2.45) is 0 Å². The standard InChI is InChI=1S/C15H21NO3/c1-3-19-11-5-10-16-15(17)9-8-13-6-4-7-14(12-13)18-2/h4,6-9,12H,3,5,10-11H2,1-2H3,(H,16,17)/b9-8+. The molecular formula is C15H21NO3. The number of ether oxygens (including phenoxy) is 2. The zero-order valence-electron chi connectivity index (χ0n) is 11.5. The molecule has 0 fully saturated rings.